The van der Waals surface area contributed by atoms with E-state index in [2.05, 4.69) is 30.8 Å². The van der Waals surface area contributed by atoms with Crippen molar-refractivity contribution < 1.29 is 8.42 Å². The monoisotopic (exact) mass is 330 g/mol. The number of aryl methyl sites for hydroxylation is 1. The quantitative estimate of drug-likeness (QED) is 0.721. The fourth-order valence-corrected chi connectivity index (χ4v) is 5.16. The number of thiophene rings is 1. The summed E-state index contributed by atoms with van der Waals surface area (Å²) in [5.41, 5.74) is 0.293. The lowest BCUT2D eigenvalue weighted by Crippen LogP contribution is -2.27. The van der Waals surface area contributed by atoms with Crippen molar-refractivity contribution in [2.24, 2.45) is 11.3 Å². The van der Waals surface area contributed by atoms with Gasteiger partial charge in [-0.2, -0.15) is 0 Å². The summed E-state index contributed by atoms with van der Waals surface area (Å²) in [5, 5.41) is 3.31. The van der Waals surface area contributed by atoms with Crippen LogP contribution in [0.2, 0.25) is 0 Å². The summed E-state index contributed by atoms with van der Waals surface area (Å²) < 4.78 is 27.6. The zero-order valence-corrected chi connectivity index (χ0v) is 15.0. The third-order valence-electron chi connectivity index (χ3n) is 4.18. The van der Waals surface area contributed by atoms with Crippen molar-refractivity contribution in [3.05, 3.63) is 15.8 Å². The molecule has 1 aliphatic carbocycles. The molecule has 1 aromatic rings. The summed E-state index contributed by atoms with van der Waals surface area (Å²) in [4.78, 5) is 2.39. The number of hydrogen-bond donors (Lipinski definition) is 2. The van der Waals surface area contributed by atoms with Crippen LogP contribution < -0.4 is 10.0 Å². The van der Waals surface area contributed by atoms with E-state index in [1.165, 1.54) is 0 Å². The summed E-state index contributed by atoms with van der Waals surface area (Å²) >= 11 is 1.56. The molecule has 1 aromatic heterocycles. The highest BCUT2D eigenvalue weighted by Gasteiger charge is 2.45. The largest absolute Gasteiger partial charge is 0.312 e. The van der Waals surface area contributed by atoms with Crippen LogP contribution in [-0.2, 0) is 16.6 Å². The van der Waals surface area contributed by atoms with Crippen LogP contribution in [0.15, 0.2) is 11.0 Å². The average Bonchev–Trinajstić information content (AvgIpc) is 2.81. The maximum Gasteiger partial charge on any atom is 0.241 e. The Morgan fingerprint density at radius 1 is 1.43 bits per heavy atom. The molecule has 120 valence electrons. The molecule has 1 heterocycles. The minimum absolute atomic E-state index is 0.293. The Morgan fingerprint density at radius 2 is 2.10 bits per heavy atom. The Bertz CT molecular complexity index is 591. The fourth-order valence-electron chi connectivity index (χ4n) is 2.48. The van der Waals surface area contributed by atoms with E-state index in [0.717, 1.165) is 35.7 Å². The van der Waals surface area contributed by atoms with E-state index in [0.29, 0.717) is 22.8 Å². The van der Waals surface area contributed by atoms with E-state index in [1.54, 1.807) is 11.3 Å². The molecule has 1 atom stereocenters. The van der Waals surface area contributed by atoms with Gasteiger partial charge < -0.3 is 5.32 Å². The lowest BCUT2D eigenvalue weighted by Gasteiger charge is -2.07. The third kappa shape index (κ3) is 4.28. The lowest BCUT2D eigenvalue weighted by molar-refractivity contribution is 0.537. The van der Waals surface area contributed by atoms with Gasteiger partial charge in [0.1, 0.15) is 0 Å². The van der Waals surface area contributed by atoms with Crippen LogP contribution in [-0.4, -0.2) is 21.5 Å². The molecule has 1 saturated carbocycles. The van der Waals surface area contributed by atoms with Crippen LogP contribution in [0.1, 0.15) is 43.4 Å². The lowest BCUT2D eigenvalue weighted by atomic mass is 10.1. The van der Waals surface area contributed by atoms with Crippen LogP contribution in [0.3, 0.4) is 0 Å². The van der Waals surface area contributed by atoms with Gasteiger partial charge in [-0.25, -0.2) is 13.1 Å². The molecule has 2 N–H and O–H groups in total. The second kappa shape index (κ2) is 6.36. The molecule has 0 aliphatic heterocycles. The minimum Gasteiger partial charge on any atom is -0.312 e. The highest BCUT2D eigenvalue weighted by Crippen LogP contribution is 2.51. The number of nitrogens with one attached hydrogen (secondary N) is 2. The van der Waals surface area contributed by atoms with Gasteiger partial charge in [-0.05, 0) is 43.7 Å². The standard InChI is InChI=1S/C15H26N2O2S2/c1-5-6-16-10-13-7-14(11(2)20-13)21(18,19)17-9-12-8-15(12,3)4/h7,12,16-17H,5-6,8-10H2,1-4H3. The van der Waals surface area contributed by atoms with Gasteiger partial charge in [0, 0.05) is 22.8 Å². The molecule has 6 heteroatoms. The maximum atomic E-state index is 12.4. The zero-order valence-electron chi connectivity index (χ0n) is 13.3. The first kappa shape index (κ1) is 16.9. The Morgan fingerprint density at radius 3 is 2.67 bits per heavy atom. The number of sulfonamides is 1. The fraction of sp³-hybridized carbons (Fsp3) is 0.733. The number of rotatable bonds is 8. The van der Waals surface area contributed by atoms with Gasteiger partial charge in [-0.3, -0.25) is 0 Å². The molecule has 0 aromatic carbocycles. The van der Waals surface area contributed by atoms with Crippen molar-refractivity contribution >= 4 is 21.4 Å². The first-order chi connectivity index (χ1) is 9.76. The van der Waals surface area contributed by atoms with Crippen LogP contribution in [0.5, 0.6) is 0 Å². The van der Waals surface area contributed by atoms with Crippen LogP contribution >= 0.6 is 11.3 Å². The molecule has 0 saturated heterocycles. The van der Waals surface area contributed by atoms with Crippen molar-refractivity contribution in [1.29, 1.82) is 0 Å². The summed E-state index contributed by atoms with van der Waals surface area (Å²) in [5.74, 6) is 0.469. The van der Waals surface area contributed by atoms with E-state index >= 15 is 0 Å². The Hall–Kier alpha value is -0.430. The molecule has 1 fully saturated rings. The smallest absolute Gasteiger partial charge is 0.241 e. The molecule has 1 aliphatic rings. The molecule has 2 rings (SSSR count). The van der Waals surface area contributed by atoms with E-state index in [1.807, 2.05) is 13.0 Å². The SMILES string of the molecule is CCCNCc1cc(S(=O)(=O)NCC2CC2(C)C)c(C)s1. The molecule has 1 unspecified atom stereocenters. The van der Waals surface area contributed by atoms with Crippen LogP contribution in [0.25, 0.3) is 0 Å². The molecule has 0 spiro atoms. The van der Waals surface area contributed by atoms with E-state index in [9.17, 15) is 8.42 Å². The average molecular weight is 331 g/mol. The molecule has 0 amide bonds. The minimum atomic E-state index is -3.37. The summed E-state index contributed by atoms with van der Waals surface area (Å²) in [6.45, 7) is 10.6. The molecule has 0 radical (unpaired) electrons. The molecule has 0 bridgehead atoms. The van der Waals surface area contributed by atoms with Gasteiger partial charge >= 0.3 is 0 Å². The van der Waals surface area contributed by atoms with Crippen molar-refractivity contribution in [2.75, 3.05) is 13.1 Å². The topological polar surface area (TPSA) is 58.2 Å². The predicted molar refractivity (Wildman–Crippen MR) is 88.1 cm³/mol. The third-order valence-corrected chi connectivity index (χ3v) is 6.91. The summed E-state index contributed by atoms with van der Waals surface area (Å²) in [7, 11) is -3.37. The first-order valence-electron chi connectivity index (χ1n) is 7.56. The summed E-state index contributed by atoms with van der Waals surface area (Å²) in [6.07, 6.45) is 2.18. The second-order valence-electron chi connectivity index (χ2n) is 6.55. The van der Waals surface area contributed by atoms with E-state index in [4.69, 9.17) is 0 Å². The van der Waals surface area contributed by atoms with Crippen molar-refractivity contribution in [1.82, 2.24) is 10.0 Å². The maximum absolute atomic E-state index is 12.4. The highest BCUT2D eigenvalue weighted by atomic mass is 32.2. The number of hydrogen-bond acceptors (Lipinski definition) is 4. The normalized spacial score (nSPS) is 20.7. The Kier molecular flexibility index (Phi) is 5.13. The molecular weight excluding hydrogens is 304 g/mol. The highest BCUT2D eigenvalue weighted by molar-refractivity contribution is 7.89. The van der Waals surface area contributed by atoms with Crippen LogP contribution in [0.4, 0.5) is 0 Å². The molecular formula is C15H26N2O2S2. The van der Waals surface area contributed by atoms with Gasteiger partial charge in [0.25, 0.3) is 0 Å². The first-order valence-corrected chi connectivity index (χ1v) is 9.86. The second-order valence-corrected chi connectivity index (χ2v) is 9.63. The van der Waals surface area contributed by atoms with Crippen LogP contribution in [0, 0.1) is 18.3 Å². The molecule has 21 heavy (non-hydrogen) atoms. The van der Waals surface area contributed by atoms with Gasteiger partial charge in [0.15, 0.2) is 0 Å². The Balaban J connectivity index is 1.99. The Labute approximate surface area is 132 Å². The van der Waals surface area contributed by atoms with Gasteiger partial charge in [-0.1, -0.05) is 20.8 Å². The van der Waals surface area contributed by atoms with Gasteiger partial charge in [0.05, 0.1) is 4.90 Å². The van der Waals surface area contributed by atoms with Gasteiger partial charge in [-0.15, -0.1) is 11.3 Å². The van der Waals surface area contributed by atoms with Crippen molar-refractivity contribution in [2.45, 2.75) is 52.0 Å². The summed E-state index contributed by atoms with van der Waals surface area (Å²) in [6, 6.07) is 1.81. The van der Waals surface area contributed by atoms with E-state index in [-0.39, 0.29) is 0 Å². The van der Waals surface area contributed by atoms with Gasteiger partial charge in [0.2, 0.25) is 10.0 Å². The molecule has 4 nitrogen and oxygen atoms in total. The van der Waals surface area contributed by atoms with Crippen molar-refractivity contribution in [3.8, 4) is 0 Å². The zero-order chi connectivity index (χ0) is 15.7. The predicted octanol–water partition coefficient (Wildman–Crippen LogP) is 2.88. The van der Waals surface area contributed by atoms with Crippen molar-refractivity contribution in [3.63, 3.8) is 0 Å². The van der Waals surface area contributed by atoms with E-state index < -0.39 is 10.0 Å².